The van der Waals surface area contributed by atoms with Crippen LogP contribution in [0.25, 0.3) is 0 Å². The predicted molar refractivity (Wildman–Crippen MR) is 266 cm³/mol. The number of anilines is 1. The van der Waals surface area contributed by atoms with Crippen molar-refractivity contribution in [3.05, 3.63) is 29.3 Å². The summed E-state index contributed by atoms with van der Waals surface area (Å²) in [6, 6.07) is 6.08. The first-order chi connectivity index (χ1) is 22.6. The molecule has 1 aromatic carbocycles. The van der Waals surface area contributed by atoms with Crippen LogP contribution in [0.1, 0.15) is 11.1 Å². The number of hydrogen-bond donors (Lipinski definition) is 2. The first kappa shape index (κ1) is 48.5. The molecule has 1 aliphatic rings. The standard InChI is InChI=1S/C8H10N2.B39/c9-8-2-1-6-4-10-5-7(6)3-8;1-21-31(20)36(30(18)19)39(37(32(22(2)3)23(4)5)33(24(6)7)25(8)9)38(34(26(10)11)27(12)13)35(28(14)15)29(16)17/h1-3,10H,4-5,9H2;. The van der Waals surface area contributed by atoms with E-state index in [1.807, 2.05) is 12.1 Å². The zero-order valence-electron chi connectivity index (χ0n) is 28.2. The Morgan fingerprint density at radius 3 is 1.00 bits per heavy atom. The molecule has 41 radical (unpaired) electrons. The van der Waals surface area contributed by atoms with E-state index in [0.29, 0.717) is 0 Å². The molecule has 0 amide bonds. The summed E-state index contributed by atoms with van der Waals surface area (Å²) in [4.78, 5) is 0. The molecule has 1 heterocycles. The molecule has 169 valence electrons. The molecule has 0 fully saturated rings. The fourth-order valence-electron chi connectivity index (χ4n) is 7.60. The molecule has 41 heteroatoms. The monoisotopic (exact) mass is 563 g/mol. The Hall–Kier alpha value is 1.51. The second kappa shape index (κ2) is 22.8. The van der Waals surface area contributed by atoms with E-state index in [-0.39, 0.29) is 0 Å². The molecule has 0 atom stereocenters. The summed E-state index contributed by atoms with van der Waals surface area (Å²) in [6.07, 6.45) is -19.7. The number of rotatable bonds is 18. The fraction of sp³-hybridized carbons (Fsp3) is 0.250. The summed E-state index contributed by atoms with van der Waals surface area (Å²) in [6.45, 7) is 1.97. The van der Waals surface area contributed by atoms with Gasteiger partial charge >= 0.3 is 0 Å². The van der Waals surface area contributed by atoms with Gasteiger partial charge in [-0.1, -0.05) is 6.07 Å². The van der Waals surface area contributed by atoms with Gasteiger partial charge in [0.05, 0.1) is 0 Å². The molecule has 0 aromatic heterocycles. The highest BCUT2D eigenvalue weighted by atomic mass is 14.9. The second-order valence-electron chi connectivity index (χ2n) is 13.2. The zero-order valence-corrected chi connectivity index (χ0v) is 28.2. The van der Waals surface area contributed by atoms with E-state index in [1.54, 1.807) is 0 Å². The number of hydrogen-bond acceptors (Lipinski definition) is 2. The SMILES string of the molecule is Nc1ccc2c(c1)CNC2.[B][B]B([B])B(B([B])[B])B(B(B(B([B])[B])B([B])[B])B(B([B])[B])B([B])[B])B(B(B([B])[B])B([B])[B])B(B([B])[B])B([B])[B]. The third kappa shape index (κ3) is 13.6. The molecule has 0 saturated carbocycles. The number of benzene rings is 1. The van der Waals surface area contributed by atoms with Crippen LogP contribution in [-0.2, 0) is 13.1 Å². The molecular formula is C8H10B39N2. The minimum atomic E-state index is -1.19. The molecule has 0 bridgehead atoms. The molecule has 3 N–H and O–H groups in total. The van der Waals surface area contributed by atoms with Gasteiger partial charge in [0.2, 0.25) is 0 Å². The lowest BCUT2D eigenvalue weighted by molar-refractivity contribution is 0.765. The van der Waals surface area contributed by atoms with E-state index in [1.165, 1.54) is 18.2 Å². The number of nitrogens with two attached hydrogens (primary N) is 1. The number of fused-ring (bicyclic) bond motifs is 1. The molecule has 0 saturated heterocycles. The Balaban J connectivity index is 0.00000100. The second-order valence-corrected chi connectivity index (χ2v) is 13.2. The molecule has 1 aromatic rings. The third-order valence-electron chi connectivity index (χ3n) is 9.64. The Labute approximate surface area is 333 Å². The molecule has 2 nitrogen and oxygen atoms in total. The molecule has 0 aliphatic carbocycles. The van der Waals surface area contributed by atoms with Crippen LogP contribution in [0, 0.1) is 0 Å². The van der Waals surface area contributed by atoms with E-state index in [2.05, 4.69) is 11.4 Å². The van der Waals surface area contributed by atoms with Crippen molar-refractivity contribution in [2.24, 2.45) is 0 Å². The Bertz CT molecular complexity index is 945. The average Bonchev–Trinajstić information content (AvgIpc) is 3.41. The topological polar surface area (TPSA) is 38.0 Å². The number of nitrogen functional groups attached to an aromatic ring is 1. The van der Waals surface area contributed by atoms with Crippen molar-refractivity contribution in [2.75, 3.05) is 5.73 Å². The van der Waals surface area contributed by atoms with Gasteiger partial charge in [-0.25, -0.2) is 0 Å². The summed E-state index contributed by atoms with van der Waals surface area (Å²) >= 11 is 0. The quantitative estimate of drug-likeness (QED) is 0.140. The normalized spacial score (nSPS) is 10.7. The average molecular weight is 556 g/mol. The van der Waals surface area contributed by atoms with E-state index in [4.69, 9.17) is 160 Å². The summed E-state index contributed by atoms with van der Waals surface area (Å²) < 4.78 is 0. The van der Waals surface area contributed by atoms with Crippen molar-refractivity contribution in [1.29, 1.82) is 0 Å². The third-order valence-corrected chi connectivity index (χ3v) is 9.64. The van der Waals surface area contributed by atoms with Crippen LogP contribution in [0.4, 0.5) is 5.69 Å². The molecule has 0 unspecified atom stereocenters. The van der Waals surface area contributed by atoms with Crippen molar-refractivity contribution >= 4 is 282 Å². The van der Waals surface area contributed by atoms with Crippen LogP contribution in [0.3, 0.4) is 0 Å². The van der Waals surface area contributed by atoms with Gasteiger partial charge in [0, 0.05) is 296 Å². The first-order valence-electron chi connectivity index (χ1n) is 16.1. The molecule has 1 aliphatic heterocycles. The van der Waals surface area contributed by atoms with Gasteiger partial charge in [0.1, 0.15) is 0 Å². The fourth-order valence-corrected chi connectivity index (χ4v) is 7.60. The van der Waals surface area contributed by atoms with Gasteiger partial charge in [0.25, 0.3) is 0 Å². The smallest absolute Gasteiger partial charge is 0.0317 e. The highest BCUT2D eigenvalue weighted by Gasteiger charge is 2.56. The van der Waals surface area contributed by atoms with Crippen molar-refractivity contribution in [2.45, 2.75) is 13.1 Å². The van der Waals surface area contributed by atoms with Crippen LogP contribution in [-0.4, -0.2) is 277 Å². The van der Waals surface area contributed by atoms with E-state index in [9.17, 15) is 0 Å². The van der Waals surface area contributed by atoms with Gasteiger partial charge in [-0.15, -0.1) is 0 Å². The zero-order chi connectivity index (χ0) is 38.1. The lowest BCUT2D eigenvalue weighted by Crippen LogP contribution is -2.92. The Kier molecular flexibility index (Phi) is 22.6. The summed E-state index contributed by atoms with van der Waals surface area (Å²) in [5.74, 6) is 0. The van der Waals surface area contributed by atoms with Gasteiger partial charge in [-0.2, -0.15) is 0 Å². The predicted octanol–water partition coefficient (Wildman–Crippen LogP) is -14.0. The lowest BCUT2D eigenvalue weighted by atomic mass is 8.28. The van der Waals surface area contributed by atoms with E-state index in [0.717, 1.165) is 18.8 Å². The van der Waals surface area contributed by atoms with Gasteiger partial charge < -0.3 is 11.1 Å². The van der Waals surface area contributed by atoms with Crippen LogP contribution in [0.2, 0.25) is 0 Å². The first-order valence-corrected chi connectivity index (χ1v) is 16.1. The Morgan fingerprint density at radius 1 is 0.429 bits per heavy atom. The molecular weight excluding hydrogens is 546 g/mol. The molecule has 0 spiro atoms. The van der Waals surface area contributed by atoms with Gasteiger partial charge in [-0.3, -0.25) is 0 Å². The summed E-state index contributed by atoms with van der Waals surface area (Å²) in [5, 5.41) is 3.26. The highest BCUT2D eigenvalue weighted by molar-refractivity contribution is 8.31. The van der Waals surface area contributed by atoms with Crippen molar-refractivity contribution < 1.29 is 0 Å². The van der Waals surface area contributed by atoms with E-state index < -0.39 is 115 Å². The highest BCUT2D eigenvalue weighted by Crippen LogP contribution is 2.19. The minimum Gasteiger partial charge on any atom is -0.399 e. The Morgan fingerprint density at radius 2 is 0.714 bits per heavy atom. The van der Waals surface area contributed by atoms with Gasteiger partial charge in [0.15, 0.2) is 0 Å². The molecule has 49 heavy (non-hydrogen) atoms. The van der Waals surface area contributed by atoms with E-state index >= 15 is 0 Å². The van der Waals surface area contributed by atoms with Gasteiger partial charge in [-0.05, 0) is 23.3 Å². The maximum Gasteiger partial charge on any atom is 0.0317 e. The van der Waals surface area contributed by atoms with Crippen molar-refractivity contribution in [3.8, 4) is 0 Å². The summed E-state index contributed by atoms with van der Waals surface area (Å²) in [7, 11) is 126. The van der Waals surface area contributed by atoms with Crippen LogP contribution >= 0.6 is 0 Å². The van der Waals surface area contributed by atoms with Crippen molar-refractivity contribution in [1.82, 2.24) is 5.32 Å². The number of nitrogens with one attached hydrogen (secondary N) is 1. The largest absolute Gasteiger partial charge is 0.399 e. The van der Waals surface area contributed by atoms with Crippen molar-refractivity contribution in [3.63, 3.8) is 0 Å². The van der Waals surface area contributed by atoms with Crippen LogP contribution in [0.5, 0.6) is 0 Å². The lowest BCUT2D eigenvalue weighted by Gasteiger charge is -2.54. The molecule has 2 rings (SSSR count). The van der Waals surface area contributed by atoms with Crippen LogP contribution in [0.15, 0.2) is 18.2 Å². The maximum atomic E-state index is 6.46. The summed E-state index contributed by atoms with van der Waals surface area (Å²) in [5.41, 5.74) is 9.20. The van der Waals surface area contributed by atoms with Crippen LogP contribution < -0.4 is 11.1 Å². The maximum absolute atomic E-state index is 6.46. The minimum absolute atomic E-state index is 0.863.